The molecule has 138 valence electrons. The highest BCUT2D eigenvalue weighted by Crippen LogP contribution is 2.17. The number of ether oxygens (including phenoxy) is 1. The van der Waals surface area contributed by atoms with Crippen molar-refractivity contribution >= 4 is 5.91 Å². The molecule has 1 unspecified atom stereocenters. The van der Waals surface area contributed by atoms with Crippen LogP contribution in [0.4, 0.5) is 0 Å². The van der Waals surface area contributed by atoms with E-state index in [1.807, 2.05) is 25.2 Å². The number of amides is 1. The Balaban J connectivity index is 1.33. The van der Waals surface area contributed by atoms with E-state index in [0.717, 1.165) is 45.6 Å². The molecule has 1 N–H and O–H groups in total. The lowest BCUT2D eigenvalue weighted by molar-refractivity contribution is -0.123. The molecule has 0 bridgehead atoms. The minimum atomic E-state index is 0.135. The van der Waals surface area contributed by atoms with Gasteiger partial charge in [-0.3, -0.25) is 9.69 Å². The summed E-state index contributed by atoms with van der Waals surface area (Å²) < 4.78 is 5.72. The van der Waals surface area contributed by atoms with Crippen LogP contribution in [0.3, 0.4) is 0 Å². The number of carbonyl (C=O) groups is 1. The van der Waals surface area contributed by atoms with E-state index in [2.05, 4.69) is 27.2 Å². The first kappa shape index (κ1) is 18.4. The SMILES string of the molecule is CN(CC(=O)NC1CCN(CC2CCCO2)CC1)Cc1ccccc1. The second-order valence-electron chi connectivity index (χ2n) is 7.44. The van der Waals surface area contributed by atoms with Crippen LogP contribution in [0.15, 0.2) is 30.3 Å². The monoisotopic (exact) mass is 345 g/mol. The maximum atomic E-state index is 12.3. The summed E-state index contributed by atoms with van der Waals surface area (Å²) in [6.45, 7) is 5.35. The van der Waals surface area contributed by atoms with Crippen LogP contribution in [0.2, 0.25) is 0 Å². The maximum Gasteiger partial charge on any atom is 0.234 e. The Morgan fingerprint density at radius 3 is 2.68 bits per heavy atom. The molecule has 0 radical (unpaired) electrons. The van der Waals surface area contributed by atoms with Crippen molar-refractivity contribution in [1.29, 1.82) is 0 Å². The predicted molar refractivity (Wildman–Crippen MR) is 99.4 cm³/mol. The number of hydrogen-bond donors (Lipinski definition) is 1. The highest BCUT2D eigenvalue weighted by Gasteiger charge is 2.24. The molecule has 2 saturated heterocycles. The average Bonchev–Trinajstić information content (AvgIpc) is 3.10. The molecule has 3 rings (SSSR count). The lowest BCUT2D eigenvalue weighted by atomic mass is 10.0. The fourth-order valence-electron chi connectivity index (χ4n) is 3.81. The molecule has 2 fully saturated rings. The summed E-state index contributed by atoms with van der Waals surface area (Å²) in [6.07, 6.45) is 4.91. The first-order valence-electron chi connectivity index (χ1n) is 9.55. The molecule has 25 heavy (non-hydrogen) atoms. The number of hydrogen-bond acceptors (Lipinski definition) is 4. The van der Waals surface area contributed by atoms with E-state index in [-0.39, 0.29) is 5.91 Å². The minimum absolute atomic E-state index is 0.135. The van der Waals surface area contributed by atoms with Crippen LogP contribution in [0.1, 0.15) is 31.2 Å². The van der Waals surface area contributed by atoms with E-state index in [1.54, 1.807) is 0 Å². The Labute approximate surface area is 151 Å². The van der Waals surface area contributed by atoms with Gasteiger partial charge >= 0.3 is 0 Å². The lowest BCUT2D eigenvalue weighted by Gasteiger charge is -2.33. The summed E-state index contributed by atoms with van der Waals surface area (Å²) >= 11 is 0. The molecular formula is C20H31N3O2. The van der Waals surface area contributed by atoms with E-state index in [4.69, 9.17) is 4.74 Å². The third kappa shape index (κ3) is 6.10. The van der Waals surface area contributed by atoms with Crippen LogP contribution in [-0.4, -0.2) is 67.7 Å². The molecule has 5 heteroatoms. The van der Waals surface area contributed by atoms with Crippen LogP contribution < -0.4 is 5.32 Å². The zero-order chi connectivity index (χ0) is 17.5. The Hall–Kier alpha value is -1.43. The second-order valence-corrected chi connectivity index (χ2v) is 7.44. The van der Waals surface area contributed by atoms with Gasteiger partial charge in [-0.05, 0) is 38.3 Å². The minimum Gasteiger partial charge on any atom is -0.377 e. The van der Waals surface area contributed by atoms with Gasteiger partial charge in [0.05, 0.1) is 12.6 Å². The van der Waals surface area contributed by atoms with Crippen LogP contribution in [0, 0.1) is 0 Å². The van der Waals surface area contributed by atoms with Gasteiger partial charge in [0.1, 0.15) is 0 Å². The molecule has 0 spiro atoms. The van der Waals surface area contributed by atoms with Crippen molar-refractivity contribution in [3.8, 4) is 0 Å². The van der Waals surface area contributed by atoms with Crippen molar-refractivity contribution in [2.75, 3.05) is 39.8 Å². The molecule has 0 saturated carbocycles. The van der Waals surface area contributed by atoms with Crippen molar-refractivity contribution in [1.82, 2.24) is 15.1 Å². The number of carbonyl (C=O) groups excluding carboxylic acids is 1. The first-order chi connectivity index (χ1) is 12.2. The normalized spacial score (nSPS) is 22.4. The zero-order valence-corrected chi connectivity index (χ0v) is 15.3. The van der Waals surface area contributed by atoms with Gasteiger partial charge < -0.3 is 15.0 Å². The van der Waals surface area contributed by atoms with Crippen LogP contribution >= 0.6 is 0 Å². The number of piperidine rings is 1. The molecule has 1 aromatic rings. The van der Waals surface area contributed by atoms with Crippen molar-refractivity contribution in [2.24, 2.45) is 0 Å². The molecule has 0 aliphatic carbocycles. The van der Waals surface area contributed by atoms with Gasteiger partial charge in [0.25, 0.3) is 0 Å². The molecule has 2 aliphatic heterocycles. The summed E-state index contributed by atoms with van der Waals surface area (Å²) in [4.78, 5) is 16.8. The zero-order valence-electron chi connectivity index (χ0n) is 15.3. The van der Waals surface area contributed by atoms with E-state index in [0.29, 0.717) is 18.7 Å². The van der Waals surface area contributed by atoms with Crippen LogP contribution in [0.25, 0.3) is 0 Å². The quantitative estimate of drug-likeness (QED) is 0.820. The Kier molecular flexibility index (Phi) is 6.84. The van der Waals surface area contributed by atoms with Crippen molar-refractivity contribution < 1.29 is 9.53 Å². The smallest absolute Gasteiger partial charge is 0.234 e. The number of nitrogens with zero attached hydrogens (tertiary/aromatic N) is 2. The van der Waals surface area contributed by atoms with Crippen molar-refractivity contribution in [3.05, 3.63) is 35.9 Å². The average molecular weight is 345 g/mol. The number of likely N-dealkylation sites (tertiary alicyclic amines) is 1. The van der Waals surface area contributed by atoms with Crippen LogP contribution in [-0.2, 0) is 16.1 Å². The summed E-state index contributed by atoms with van der Waals surface area (Å²) in [5.41, 5.74) is 1.24. The molecule has 5 nitrogen and oxygen atoms in total. The Morgan fingerprint density at radius 1 is 1.24 bits per heavy atom. The summed E-state index contributed by atoms with van der Waals surface area (Å²) in [5.74, 6) is 0.135. The number of benzene rings is 1. The molecule has 1 amide bonds. The van der Waals surface area contributed by atoms with Gasteiger partial charge in [-0.1, -0.05) is 30.3 Å². The van der Waals surface area contributed by atoms with Gasteiger partial charge in [-0.2, -0.15) is 0 Å². The molecule has 1 aromatic carbocycles. The standard InChI is InChI=1S/C20H31N3O2/c1-22(14-17-6-3-2-4-7-17)16-20(24)21-18-9-11-23(12-10-18)15-19-8-5-13-25-19/h2-4,6-7,18-19H,5,8-16H2,1H3,(H,21,24). The summed E-state index contributed by atoms with van der Waals surface area (Å²) in [6, 6.07) is 10.6. The van der Waals surface area contributed by atoms with Gasteiger partial charge in [0.2, 0.25) is 5.91 Å². The second kappa shape index (κ2) is 9.32. The molecular weight excluding hydrogens is 314 g/mol. The fraction of sp³-hybridized carbons (Fsp3) is 0.650. The predicted octanol–water partition coefficient (Wildman–Crippen LogP) is 1.88. The number of rotatable bonds is 7. The molecule has 2 heterocycles. The number of likely N-dealkylation sites (N-methyl/N-ethyl adjacent to an activating group) is 1. The first-order valence-corrected chi connectivity index (χ1v) is 9.55. The summed E-state index contributed by atoms with van der Waals surface area (Å²) in [7, 11) is 2.00. The Morgan fingerprint density at radius 2 is 2.00 bits per heavy atom. The third-order valence-electron chi connectivity index (χ3n) is 5.15. The lowest BCUT2D eigenvalue weighted by Crippen LogP contribution is -2.48. The van der Waals surface area contributed by atoms with Gasteiger partial charge in [-0.15, -0.1) is 0 Å². The maximum absolute atomic E-state index is 12.3. The highest BCUT2D eigenvalue weighted by molar-refractivity contribution is 5.78. The van der Waals surface area contributed by atoms with Crippen molar-refractivity contribution in [3.63, 3.8) is 0 Å². The highest BCUT2D eigenvalue weighted by atomic mass is 16.5. The molecule has 0 aromatic heterocycles. The van der Waals surface area contributed by atoms with Gasteiger partial charge in [0.15, 0.2) is 0 Å². The number of nitrogens with one attached hydrogen (secondary N) is 1. The van der Waals surface area contributed by atoms with Crippen molar-refractivity contribution in [2.45, 2.75) is 44.4 Å². The molecule has 1 atom stereocenters. The summed E-state index contributed by atoms with van der Waals surface area (Å²) in [5, 5.41) is 3.21. The van der Waals surface area contributed by atoms with Gasteiger partial charge in [0, 0.05) is 38.8 Å². The van der Waals surface area contributed by atoms with Gasteiger partial charge in [-0.25, -0.2) is 0 Å². The van der Waals surface area contributed by atoms with E-state index >= 15 is 0 Å². The van der Waals surface area contributed by atoms with Crippen LogP contribution in [0.5, 0.6) is 0 Å². The fourth-order valence-corrected chi connectivity index (χ4v) is 3.81. The largest absolute Gasteiger partial charge is 0.377 e. The van der Waals surface area contributed by atoms with E-state index in [1.165, 1.54) is 18.4 Å². The topological polar surface area (TPSA) is 44.8 Å². The third-order valence-corrected chi connectivity index (χ3v) is 5.15. The van der Waals surface area contributed by atoms with E-state index < -0.39 is 0 Å². The van der Waals surface area contributed by atoms with E-state index in [9.17, 15) is 4.79 Å². The molecule has 2 aliphatic rings. The Bertz CT molecular complexity index is 523.